The van der Waals surface area contributed by atoms with Crippen LogP contribution in [-0.4, -0.2) is 53.4 Å². The Balaban J connectivity index is 1.08. The summed E-state index contributed by atoms with van der Waals surface area (Å²) in [4.78, 5) is 5.14. The second kappa shape index (κ2) is 5.96. The molecule has 4 aliphatic carbocycles. The van der Waals surface area contributed by atoms with Crippen molar-refractivity contribution in [1.29, 1.82) is 0 Å². The summed E-state index contributed by atoms with van der Waals surface area (Å²) in [5.41, 5.74) is 5.26. The van der Waals surface area contributed by atoms with Gasteiger partial charge in [0.1, 0.15) is 5.84 Å². The van der Waals surface area contributed by atoms with Gasteiger partial charge in [-0.05, 0) is 42.7 Å². The summed E-state index contributed by atoms with van der Waals surface area (Å²) in [5.74, 6) is 3.38. The number of fused-ring (bicyclic) bond motifs is 2. The number of hydrazone groups is 1. The van der Waals surface area contributed by atoms with E-state index in [2.05, 4.69) is 69.9 Å². The summed E-state index contributed by atoms with van der Waals surface area (Å²) in [6, 6.07) is 0.281. The van der Waals surface area contributed by atoms with Crippen LogP contribution in [0, 0.1) is 17.8 Å². The van der Waals surface area contributed by atoms with Gasteiger partial charge < -0.3 is 4.90 Å². The standard InChI is InChI=1S/C23H28N4/c1-2-6-18-16-23(18,10-3-1)27-13-11-26(12-14-27)22-9-8-21(24-25-22)19-7-4-5-17-15-20(17)19/h2-10,17-18,20-21,24H,1,11-16H2. The number of nitrogens with one attached hydrogen (secondary N) is 1. The average molecular weight is 361 g/mol. The minimum absolute atomic E-state index is 0.281. The fourth-order valence-electron chi connectivity index (χ4n) is 5.47. The van der Waals surface area contributed by atoms with Crippen LogP contribution in [0.5, 0.6) is 0 Å². The van der Waals surface area contributed by atoms with Crippen LogP contribution in [0.3, 0.4) is 0 Å². The Bertz CT molecular complexity index is 808. The predicted molar refractivity (Wildman–Crippen MR) is 109 cm³/mol. The highest BCUT2D eigenvalue weighted by Crippen LogP contribution is 2.52. The molecule has 140 valence electrons. The van der Waals surface area contributed by atoms with Crippen LogP contribution < -0.4 is 5.43 Å². The van der Waals surface area contributed by atoms with Gasteiger partial charge >= 0.3 is 0 Å². The van der Waals surface area contributed by atoms with E-state index >= 15 is 0 Å². The van der Waals surface area contributed by atoms with Crippen LogP contribution in [0.2, 0.25) is 0 Å². The minimum atomic E-state index is 0.281. The molecule has 6 aliphatic rings. The van der Waals surface area contributed by atoms with E-state index in [9.17, 15) is 0 Å². The summed E-state index contributed by atoms with van der Waals surface area (Å²) in [6.45, 7) is 4.39. The topological polar surface area (TPSA) is 30.9 Å². The highest BCUT2D eigenvalue weighted by molar-refractivity contribution is 5.93. The van der Waals surface area contributed by atoms with Gasteiger partial charge in [-0.2, -0.15) is 5.10 Å². The SMILES string of the molecule is C1=CC2CC2C(C2C=CC(N3CCN(C45C=CCC=CC4C5)CC3)=NN2)=C1. The Morgan fingerprint density at radius 2 is 2.00 bits per heavy atom. The van der Waals surface area contributed by atoms with Crippen molar-refractivity contribution in [3.8, 4) is 0 Å². The van der Waals surface area contributed by atoms with Crippen LogP contribution in [0.25, 0.3) is 0 Å². The molecule has 0 amide bonds. The van der Waals surface area contributed by atoms with E-state index in [1.807, 2.05) is 0 Å². The number of allylic oxidation sites excluding steroid dienone is 5. The van der Waals surface area contributed by atoms with E-state index < -0.39 is 0 Å². The smallest absolute Gasteiger partial charge is 0.148 e. The lowest BCUT2D eigenvalue weighted by Gasteiger charge is -2.40. The Morgan fingerprint density at radius 1 is 1.07 bits per heavy atom. The van der Waals surface area contributed by atoms with Crippen molar-refractivity contribution in [2.45, 2.75) is 30.8 Å². The Labute approximate surface area is 161 Å². The first-order valence-corrected chi connectivity index (χ1v) is 10.6. The van der Waals surface area contributed by atoms with Gasteiger partial charge in [0.2, 0.25) is 0 Å². The zero-order chi connectivity index (χ0) is 17.8. The third kappa shape index (κ3) is 2.65. The predicted octanol–water partition coefficient (Wildman–Crippen LogP) is 2.85. The van der Waals surface area contributed by atoms with Gasteiger partial charge in [0, 0.05) is 37.6 Å². The van der Waals surface area contributed by atoms with Crippen molar-refractivity contribution in [2.75, 3.05) is 26.2 Å². The van der Waals surface area contributed by atoms with Crippen LogP contribution in [-0.2, 0) is 0 Å². The van der Waals surface area contributed by atoms with Gasteiger partial charge in [-0.15, -0.1) is 0 Å². The summed E-state index contributed by atoms with van der Waals surface area (Å²) >= 11 is 0. The van der Waals surface area contributed by atoms with Crippen LogP contribution in [0.4, 0.5) is 0 Å². The molecule has 5 atom stereocenters. The molecule has 2 saturated carbocycles. The zero-order valence-electron chi connectivity index (χ0n) is 15.8. The molecular weight excluding hydrogens is 332 g/mol. The maximum Gasteiger partial charge on any atom is 0.148 e. The first-order chi connectivity index (χ1) is 13.3. The third-order valence-corrected chi connectivity index (χ3v) is 7.30. The van der Waals surface area contributed by atoms with E-state index in [1.165, 1.54) is 18.4 Å². The molecule has 0 spiro atoms. The quantitative estimate of drug-likeness (QED) is 0.768. The molecule has 0 bridgehead atoms. The number of hydrogen-bond acceptors (Lipinski definition) is 4. The second-order valence-electron chi connectivity index (χ2n) is 8.84. The molecule has 27 heavy (non-hydrogen) atoms. The number of piperazine rings is 1. The first kappa shape index (κ1) is 15.9. The normalized spacial score (nSPS) is 41.9. The molecule has 0 radical (unpaired) electrons. The van der Waals surface area contributed by atoms with Crippen molar-refractivity contribution in [3.05, 3.63) is 60.3 Å². The highest BCUT2D eigenvalue weighted by atomic mass is 15.4. The first-order valence-electron chi connectivity index (χ1n) is 10.6. The zero-order valence-corrected chi connectivity index (χ0v) is 15.8. The lowest BCUT2D eigenvalue weighted by atomic mass is 9.96. The number of amidine groups is 1. The van der Waals surface area contributed by atoms with Crippen molar-refractivity contribution in [3.63, 3.8) is 0 Å². The van der Waals surface area contributed by atoms with Crippen molar-refractivity contribution in [1.82, 2.24) is 15.2 Å². The summed E-state index contributed by atoms with van der Waals surface area (Å²) in [6.07, 6.45) is 24.7. The molecule has 2 heterocycles. The molecule has 1 N–H and O–H groups in total. The maximum absolute atomic E-state index is 4.74. The van der Waals surface area contributed by atoms with E-state index in [4.69, 9.17) is 5.10 Å². The molecule has 0 aromatic rings. The van der Waals surface area contributed by atoms with E-state index in [0.717, 1.165) is 56.2 Å². The number of rotatable bonds is 2. The van der Waals surface area contributed by atoms with Gasteiger partial charge in [0.15, 0.2) is 0 Å². The Hall–Kier alpha value is -2.07. The van der Waals surface area contributed by atoms with Crippen molar-refractivity contribution < 1.29 is 0 Å². The third-order valence-electron chi connectivity index (χ3n) is 7.30. The average Bonchev–Trinajstić information content (AvgIpc) is 3.60. The van der Waals surface area contributed by atoms with Crippen LogP contribution in [0.1, 0.15) is 19.3 Å². The fourth-order valence-corrected chi connectivity index (χ4v) is 5.47. The molecule has 0 aromatic carbocycles. The fraction of sp³-hybridized carbons (Fsp3) is 0.522. The molecule has 1 saturated heterocycles. The van der Waals surface area contributed by atoms with Gasteiger partial charge in [-0.25, -0.2) is 0 Å². The lowest BCUT2D eigenvalue weighted by molar-refractivity contribution is 0.136. The molecule has 0 aromatic heterocycles. The van der Waals surface area contributed by atoms with Crippen LogP contribution >= 0.6 is 0 Å². The van der Waals surface area contributed by atoms with E-state index in [0.29, 0.717) is 5.54 Å². The van der Waals surface area contributed by atoms with E-state index in [1.54, 1.807) is 0 Å². The molecule has 4 heteroatoms. The largest absolute Gasteiger partial charge is 0.353 e. The molecule has 3 fully saturated rings. The molecule has 4 nitrogen and oxygen atoms in total. The molecule has 5 unspecified atom stereocenters. The van der Waals surface area contributed by atoms with Gasteiger partial charge in [-0.1, -0.05) is 48.6 Å². The summed E-state index contributed by atoms with van der Waals surface area (Å²) in [5, 5.41) is 4.74. The van der Waals surface area contributed by atoms with Gasteiger partial charge in [-0.3, -0.25) is 10.3 Å². The number of nitrogens with zero attached hydrogens (tertiary/aromatic N) is 3. The second-order valence-corrected chi connectivity index (χ2v) is 8.84. The highest BCUT2D eigenvalue weighted by Gasteiger charge is 2.55. The lowest BCUT2D eigenvalue weighted by Crippen LogP contribution is -2.53. The summed E-state index contributed by atoms with van der Waals surface area (Å²) in [7, 11) is 0. The van der Waals surface area contributed by atoms with Gasteiger partial charge in [0.05, 0.1) is 6.04 Å². The van der Waals surface area contributed by atoms with E-state index in [-0.39, 0.29) is 6.04 Å². The number of hydrogen-bond donors (Lipinski definition) is 1. The molecule has 2 aliphatic heterocycles. The minimum Gasteiger partial charge on any atom is -0.353 e. The van der Waals surface area contributed by atoms with Gasteiger partial charge in [0.25, 0.3) is 0 Å². The Kier molecular flexibility index (Phi) is 3.52. The maximum atomic E-state index is 4.74. The molecular formula is C23H28N4. The van der Waals surface area contributed by atoms with Crippen molar-refractivity contribution in [2.24, 2.45) is 22.9 Å². The van der Waals surface area contributed by atoms with Crippen LogP contribution in [0.15, 0.2) is 65.4 Å². The monoisotopic (exact) mass is 360 g/mol. The summed E-state index contributed by atoms with van der Waals surface area (Å²) < 4.78 is 0. The molecule has 6 rings (SSSR count). The Morgan fingerprint density at radius 3 is 2.85 bits per heavy atom. The van der Waals surface area contributed by atoms with Crippen molar-refractivity contribution >= 4 is 5.84 Å².